The molecule has 0 radical (unpaired) electrons. The van der Waals surface area contributed by atoms with Gasteiger partial charge in [-0.3, -0.25) is 0 Å². The summed E-state index contributed by atoms with van der Waals surface area (Å²) >= 11 is 0. The number of nitrogens with zero attached hydrogens (tertiary/aromatic N) is 1. The second kappa shape index (κ2) is 7.28. The molecule has 1 aliphatic heterocycles. The van der Waals surface area contributed by atoms with Gasteiger partial charge in [0.05, 0.1) is 7.11 Å². The third-order valence-corrected chi connectivity index (χ3v) is 5.02. The van der Waals surface area contributed by atoms with E-state index in [2.05, 4.69) is 43.2 Å². The molecule has 2 rings (SSSR count). The van der Waals surface area contributed by atoms with Crippen molar-refractivity contribution in [2.24, 2.45) is 0 Å². The van der Waals surface area contributed by atoms with Crippen molar-refractivity contribution in [3.05, 3.63) is 29.8 Å². The van der Waals surface area contributed by atoms with E-state index in [1.54, 1.807) is 7.11 Å². The fraction of sp³-hybridized carbons (Fsp3) is 0.667. The zero-order chi connectivity index (χ0) is 15.3. The number of ether oxygens (including phenoxy) is 1. The average molecular weight is 290 g/mol. The maximum absolute atomic E-state index is 5.47. The van der Waals surface area contributed by atoms with Gasteiger partial charge in [-0.05, 0) is 57.8 Å². The van der Waals surface area contributed by atoms with Crippen LogP contribution in [0.1, 0.15) is 38.7 Å². The molecular weight excluding hydrogens is 260 g/mol. The fourth-order valence-corrected chi connectivity index (χ4v) is 3.40. The van der Waals surface area contributed by atoms with E-state index in [-0.39, 0.29) is 0 Å². The quantitative estimate of drug-likeness (QED) is 0.835. The van der Waals surface area contributed by atoms with Crippen LogP contribution in [0.2, 0.25) is 0 Å². The molecule has 2 atom stereocenters. The number of para-hydroxylation sites is 1. The van der Waals surface area contributed by atoms with Gasteiger partial charge >= 0.3 is 0 Å². The molecule has 1 aromatic carbocycles. The lowest BCUT2D eigenvalue weighted by molar-refractivity contribution is 0.177. The van der Waals surface area contributed by atoms with E-state index in [0.717, 1.165) is 18.7 Å². The van der Waals surface area contributed by atoms with Crippen molar-refractivity contribution in [3.8, 4) is 5.75 Å². The molecule has 1 heterocycles. The predicted octanol–water partition coefficient (Wildman–Crippen LogP) is 3.09. The summed E-state index contributed by atoms with van der Waals surface area (Å²) in [5.41, 5.74) is 1.62. The highest BCUT2D eigenvalue weighted by Crippen LogP contribution is 2.26. The van der Waals surface area contributed by atoms with Gasteiger partial charge in [-0.2, -0.15) is 0 Å². The Bertz CT molecular complexity index is 441. The summed E-state index contributed by atoms with van der Waals surface area (Å²) in [6, 6.07) is 8.86. The van der Waals surface area contributed by atoms with E-state index >= 15 is 0 Å². The van der Waals surface area contributed by atoms with Gasteiger partial charge in [-0.15, -0.1) is 0 Å². The highest BCUT2D eigenvalue weighted by atomic mass is 16.5. The van der Waals surface area contributed by atoms with Gasteiger partial charge in [-0.25, -0.2) is 0 Å². The SMILES string of the molecule is CCC1(CN(C)C(C)Cc2ccccc2OC)CCCN1. The fourth-order valence-electron chi connectivity index (χ4n) is 3.40. The molecule has 0 saturated carbocycles. The first-order valence-corrected chi connectivity index (χ1v) is 8.17. The van der Waals surface area contributed by atoms with Gasteiger partial charge < -0.3 is 15.0 Å². The van der Waals surface area contributed by atoms with Crippen molar-refractivity contribution in [3.63, 3.8) is 0 Å². The highest BCUT2D eigenvalue weighted by Gasteiger charge is 2.33. The number of rotatable bonds is 7. The Hall–Kier alpha value is -1.06. The zero-order valence-electron chi connectivity index (χ0n) is 14.0. The number of benzene rings is 1. The number of hydrogen-bond donors (Lipinski definition) is 1. The molecule has 1 aromatic rings. The number of nitrogens with one attached hydrogen (secondary N) is 1. The molecule has 3 nitrogen and oxygen atoms in total. The van der Waals surface area contributed by atoms with Crippen molar-refractivity contribution in [2.75, 3.05) is 27.2 Å². The monoisotopic (exact) mass is 290 g/mol. The lowest BCUT2D eigenvalue weighted by Crippen LogP contribution is -2.50. The molecule has 0 bridgehead atoms. The Kier molecular flexibility index (Phi) is 5.65. The maximum Gasteiger partial charge on any atom is 0.122 e. The van der Waals surface area contributed by atoms with Crippen molar-refractivity contribution in [1.82, 2.24) is 10.2 Å². The third-order valence-electron chi connectivity index (χ3n) is 5.02. The molecule has 1 N–H and O–H groups in total. The Morgan fingerprint density at radius 2 is 2.14 bits per heavy atom. The molecule has 1 saturated heterocycles. The first kappa shape index (κ1) is 16.3. The van der Waals surface area contributed by atoms with Gasteiger partial charge in [0.2, 0.25) is 0 Å². The van der Waals surface area contributed by atoms with Crippen molar-refractivity contribution < 1.29 is 4.74 Å². The highest BCUT2D eigenvalue weighted by molar-refractivity contribution is 5.33. The van der Waals surface area contributed by atoms with Crippen LogP contribution in [0, 0.1) is 0 Å². The minimum atomic E-state index is 0.323. The maximum atomic E-state index is 5.47. The molecular formula is C18H30N2O. The van der Waals surface area contributed by atoms with Gasteiger partial charge in [-0.1, -0.05) is 25.1 Å². The van der Waals surface area contributed by atoms with Gasteiger partial charge in [0.15, 0.2) is 0 Å². The summed E-state index contributed by atoms with van der Waals surface area (Å²) in [6.45, 7) is 6.91. The van der Waals surface area contributed by atoms with Crippen LogP contribution >= 0.6 is 0 Å². The molecule has 21 heavy (non-hydrogen) atoms. The molecule has 118 valence electrons. The van der Waals surface area contributed by atoms with Crippen LogP contribution in [-0.4, -0.2) is 43.7 Å². The van der Waals surface area contributed by atoms with E-state index in [0.29, 0.717) is 11.6 Å². The Labute approximate surface area is 129 Å². The molecule has 0 aliphatic carbocycles. The van der Waals surface area contributed by atoms with Crippen LogP contribution in [0.25, 0.3) is 0 Å². The largest absolute Gasteiger partial charge is 0.496 e. The lowest BCUT2D eigenvalue weighted by atomic mass is 9.92. The lowest BCUT2D eigenvalue weighted by Gasteiger charge is -2.36. The first-order valence-electron chi connectivity index (χ1n) is 8.17. The van der Waals surface area contributed by atoms with Crippen molar-refractivity contribution in [2.45, 2.75) is 51.1 Å². The summed E-state index contributed by atoms with van der Waals surface area (Å²) in [6.07, 6.45) is 4.84. The molecule has 0 amide bonds. The number of methoxy groups -OCH3 is 1. The zero-order valence-corrected chi connectivity index (χ0v) is 14.0. The van der Waals surface area contributed by atoms with Crippen LogP contribution in [0.5, 0.6) is 5.75 Å². The molecule has 0 spiro atoms. The first-order chi connectivity index (χ1) is 10.1. The van der Waals surface area contributed by atoms with E-state index in [4.69, 9.17) is 4.74 Å². The van der Waals surface area contributed by atoms with Gasteiger partial charge in [0.25, 0.3) is 0 Å². The Morgan fingerprint density at radius 1 is 1.38 bits per heavy atom. The minimum absolute atomic E-state index is 0.323. The number of hydrogen-bond acceptors (Lipinski definition) is 3. The van der Waals surface area contributed by atoms with Crippen LogP contribution in [-0.2, 0) is 6.42 Å². The van der Waals surface area contributed by atoms with E-state index in [1.165, 1.54) is 31.4 Å². The van der Waals surface area contributed by atoms with Crippen molar-refractivity contribution >= 4 is 0 Å². The second-order valence-electron chi connectivity index (χ2n) is 6.44. The van der Waals surface area contributed by atoms with Crippen molar-refractivity contribution in [1.29, 1.82) is 0 Å². The molecule has 3 heteroatoms. The van der Waals surface area contributed by atoms with Crippen LogP contribution in [0.3, 0.4) is 0 Å². The molecule has 2 unspecified atom stereocenters. The van der Waals surface area contributed by atoms with Crippen LogP contribution in [0.4, 0.5) is 0 Å². The van der Waals surface area contributed by atoms with Gasteiger partial charge in [0.1, 0.15) is 5.75 Å². The summed E-state index contributed by atoms with van der Waals surface area (Å²) < 4.78 is 5.47. The summed E-state index contributed by atoms with van der Waals surface area (Å²) in [7, 11) is 4.00. The van der Waals surface area contributed by atoms with Gasteiger partial charge in [0, 0.05) is 18.1 Å². The Balaban J connectivity index is 1.97. The smallest absolute Gasteiger partial charge is 0.122 e. The topological polar surface area (TPSA) is 24.5 Å². The standard InChI is InChI=1S/C18H30N2O/c1-5-18(11-8-12-19-18)14-20(3)15(2)13-16-9-6-7-10-17(16)21-4/h6-7,9-10,15,19H,5,8,11-14H2,1-4H3. The predicted molar refractivity (Wildman–Crippen MR) is 89.0 cm³/mol. The third kappa shape index (κ3) is 3.98. The second-order valence-corrected chi connectivity index (χ2v) is 6.44. The normalized spacial score (nSPS) is 23.5. The van der Waals surface area contributed by atoms with Crippen LogP contribution in [0.15, 0.2) is 24.3 Å². The van der Waals surface area contributed by atoms with Crippen LogP contribution < -0.4 is 10.1 Å². The summed E-state index contributed by atoms with van der Waals surface area (Å²) in [5, 5.41) is 3.73. The summed E-state index contributed by atoms with van der Waals surface area (Å²) in [4.78, 5) is 2.49. The average Bonchev–Trinajstić information content (AvgIpc) is 2.96. The molecule has 1 fully saturated rings. The molecule has 1 aliphatic rings. The van der Waals surface area contributed by atoms with E-state index < -0.39 is 0 Å². The van der Waals surface area contributed by atoms with E-state index in [1.807, 2.05) is 12.1 Å². The minimum Gasteiger partial charge on any atom is -0.496 e. The van der Waals surface area contributed by atoms with E-state index in [9.17, 15) is 0 Å². The number of likely N-dealkylation sites (N-methyl/N-ethyl adjacent to an activating group) is 1. The Morgan fingerprint density at radius 3 is 2.76 bits per heavy atom. The summed E-state index contributed by atoms with van der Waals surface area (Å²) in [5.74, 6) is 1.00. The molecule has 0 aromatic heterocycles.